The Morgan fingerprint density at radius 2 is 1.64 bits per heavy atom. The van der Waals surface area contributed by atoms with Crippen LogP contribution in [0.4, 0.5) is 0 Å². The number of hydrogen-bond donors (Lipinski definition) is 1. The van der Waals surface area contributed by atoms with Gasteiger partial charge in [0.25, 0.3) is 0 Å². The maximum Gasteiger partial charge on any atom is 0.336 e. The fourth-order valence-electron chi connectivity index (χ4n) is 3.28. The van der Waals surface area contributed by atoms with E-state index in [1.807, 2.05) is 18.2 Å². The van der Waals surface area contributed by atoms with Crippen molar-refractivity contribution < 1.29 is 14.6 Å². The topological polar surface area (TPSA) is 46.5 Å². The molecule has 0 aliphatic heterocycles. The van der Waals surface area contributed by atoms with E-state index in [-0.39, 0.29) is 17.6 Å². The highest BCUT2D eigenvalue weighted by Gasteiger charge is 2.19. The van der Waals surface area contributed by atoms with Gasteiger partial charge in [0.2, 0.25) is 0 Å². The average molecular weight is 374 g/mol. The zero-order valence-electron chi connectivity index (χ0n) is 16.8. The van der Waals surface area contributed by atoms with Gasteiger partial charge in [-0.3, -0.25) is 0 Å². The molecule has 0 radical (unpaired) electrons. The maximum atomic E-state index is 11.3. The second-order valence-corrected chi connectivity index (χ2v) is 8.07. The van der Waals surface area contributed by atoms with Crippen molar-refractivity contribution in [3.63, 3.8) is 0 Å². The van der Waals surface area contributed by atoms with E-state index in [1.165, 1.54) is 16.7 Å². The van der Waals surface area contributed by atoms with Gasteiger partial charge in [0.15, 0.2) is 0 Å². The van der Waals surface area contributed by atoms with Crippen molar-refractivity contribution >= 4 is 5.97 Å². The van der Waals surface area contributed by atoms with E-state index in [0.29, 0.717) is 11.3 Å². The molecule has 3 nitrogen and oxygen atoms in total. The molecule has 0 spiro atoms. The van der Waals surface area contributed by atoms with Crippen LogP contribution in [0.15, 0.2) is 66.7 Å². The van der Waals surface area contributed by atoms with Gasteiger partial charge in [-0.05, 0) is 47.2 Å². The van der Waals surface area contributed by atoms with Crippen LogP contribution in [-0.2, 0) is 12.0 Å². The number of hydrogen-bond acceptors (Lipinski definition) is 2. The number of aryl methyl sites for hydroxylation is 1. The van der Waals surface area contributed by atoms with Gasteiger partial charge in [0.1, 0.15) is 12.4 Å². The maximum absolute atomic E-state index is 11.3. The van der Waals surface area contributed by atoms with E-state index >= 15 is 0 Å². The standard InChI is InChI=1S/C25H26O3/c1-17-9-14-21(23(15-17)25(2,3)4)18-10-12-20(13-11-18)28-16-19-7-5-6-8-22(19)24(26)27/h5-15H,16H2,1-4H3,(H,26,27). The smallest absolute Gasteiger partial charge is 0.336 e. The van der Waals surface area contributed by atoms with Gasteiger partial charge >= 0.3 is 5.97 Å². The molecule has 0 saturated carbocycles. The molecule has 0 atom stereocenters. The van der Waals surface area contributed by atoms with Crippen molar-refractivity contribution in [3.8, 4) is 16.9 Å². The lowest BCUT2D eigenvalue weighted by Gasteiger charge is -2.24. The zero-order chi connectivity index (χ0) is 20.3. The van der Waals surface area contributed by atoms with Crippen LogP contribution in [0.2, 0.25) is 0 Å². The number of aromatic carboxylic acids is 1. The van der Waals surface area contributed by atoms with Gasteiger partial charge in [-0.25, -0.2) is 4.79 Å². The predicted octanol–water partition coefficient (Wildman–Crippen LogP) is 6.24. The minimum absolute atomic E-state index is 0.0526. The fourth-order valence-corrected chi connectivity index (χ4v) is 3.28. The number of carboxylic acids is 1. The minimum atomic E-state index is -0.941. The Morgan fingerprint density at radius 1 is 0.964 bits per heavy atom. The van der Waals surface area contributed by atoms with E-state index < -0.39 is 5.97 Å². The predicted molar refractivity (Wildman–Crippen MR) is 113 cm³/mol. The molecule has 3 rings (SSSR count). The molecule has 0 saturated heterocycles. The molecule has 0 heterocycles. The van der Waals surface area contributed by atoms with Crippen LogP contribution in [-0.4, -0.2) is 11.1 Å². The molecule has 3 aromatic rings. The van der Waals surface area contributed by atoms with Gasteiger partial charge in [-0.1, -0.05) is 74.9 Å². The highest BCUT2D eigenvalue weighted by molar-refractivity contribution is 5.89. The zero-order valence-corrected chi connectivity index (χ0v) is 16.8. The van der Waals surface area contributed by atoms with Crippen LogP contribution in [0.1, 0.15) is 47.8 Å². The second-order valence-electron chi connectivity index (χ2n) is 8.07. The molecule has 0 amide bonds. The summed E-state index contributed by atoms with van der Waals surface area (Å²) in [4.78, 5) is 11.3. The summed E-state index contributed by atoms with van der Waals surface area (Å²) in [5, 5.41) is 9.28. The van der Waals surface area contributed by atoms with Crippen LogP contribution in [0.5, 0.6) is 5.75 Å². The van der Waals surface area contributed by atoms with E-state index in [0.717, 1.165) is 5.56 Å². The van der Waals surface area contributed by atoms with Gasteiger partial charge in [0.05, 0.1) is 5.56 Å². The third kappa shape index (κ3) is 4.42. The summed E-state index contributed by atoms with van der Waals surface area (Å²) in [7, 11) is 0. The first-order chi connectivity index (χ1) is 13.3. The quantitative estimate of drug-likeness (QED) is 0.575. The van der Waals surface area contributed by atoms with Crippen molar-refractivity contribution in [3.05, 3.63) is 89.0 Å². The molecule has 144 valence electrons. The number of carboxylic acid groups (broad SMARTS) is 1. The fraction of sp³-hybridized carbons (Fsp3) is 0.240. The average Bonchev–Trinajstić information content (AvgIpc) is 2.66. The molecular weight excluding hydrogens is 348 g/mol. The minimum Gasteiger partial charge on any atom is -0.489 e. The largest absolute Gasteiger partial charge is 0.489 e. The summed E-state index contributed by atoms with van der Waals surface area (Å²) in [6.07, 6.45) is 0. The van der Waals surface area contributed by atoms with Crippen molar-refractivity contribution in [1.82, 2.24) is 0 Å². The lowest BCUT2D eigenvalue weighted by molar-refractivity contribution is 0.0694. The lowest BCUT2D eigenvalue weighted by atomic mass is 9.81. The molecule has 3 aromatic carbocycles. The van der Waals surface area contributed by atoms with Crippen LogP contribution in [0.3, 0.4) is 0 Å². The first-order valence-electron chi connectivity index (χ1n) is 9.41. The number of rotatable bonds is 5. The third-order valence-electron chi connectivity index (χ3n) is 4.79. The van der Waals surface area contributed by atoms with Gasteiger partial charge in [-0.15, -0.1) is 0 Å². The Kier molecular flexibility index (Phi) is 5.55. The van der Waals surface area contributed by atoms with Gasteiger partial charge in [-0.2, -0.15) is 0 Å². The van der Waals surface area contributed by atoms with Crippen molar-refractivity contribution in [2.24, 2.45) is 0 Å². The van der Waals surface area contributed by atoms with Crippen molar-refractivity contribution in [2.45, 2.75) is 39.7 Å². The first kappa shape index (κ1) is 19.7. The van der Waals surface area contributed by atoms with Crippen LogP contribution in [0.25, 0.3) is 11.1 Å². The molecule has 0 aliphatic rings. The molecule has 28 heavy (non-hydrogen) atoms. The molecule has 0 fully saturated rings. The SMILES string of the molecule is Cc1ccc(-c2ccc(OCc3ccccc3C(=O)O)cc2)c(C(C)(C)C)c1. The molecular formula is C25H26O3. The Morgan fingerprint density at radius 3 is 2.29 bits per heavy atom. The Labute approximate surface area is 166 Å². The van der Waals surface area contributed by atoms with Gasteiger partial charge < -0.3 is 9.84 Å². The monoisotopic (exact) mass is 374 g/mol. The van der Waals surface area contributed by atoms with Crippen LogP contribution >= 0.6 is 0 Å². The Balaban J connectivity index is 1.81. The summed E-state index contributed by atoms with van der Waals surface area (Å²) in [6.45, 7) is 9.01. The van der Waals surface area contributed by atoms with Crippen molar-refractivity contribution in [1.29, 1.82) is 0 Å². The normalized spacial score (nSPS) is 11.3. The Hall–Kier alpha value is -3.07. The van der Waals surface area contributed by atoms with Gasteiger partial charge in [0, 0.05) is 5.56 Å². The number of ether oxygens (including phenoxy) is 1. The number of benzene rings is 3. The molecule has 0 bridgehead atoms. The van der Waals surface area contributed by atoms with Crippen LogP contribution < -0.4 is 4.74 Å². The second kappa shape index (κ2) is 7.89. The summed E-state index contributed by atoms with van der Waals surface area (Å²) < 4.78 is 5.83. The Bertz CT molecular complexity index is 979. The summed E-state index contributed by atoms with van der Waals surface area (Å²) >= 11 is 0. The molecule has 1 N–H and O–H groups in total. The summed E-state index contributed by atoms with van der Waals surface area (Å²) in [5.41, 5.74) is 5.92. The van der Waals surface area contributed by atoms with E-state index in [4.69, 9.17) is 4.74 Å². The third-order valence-corrected chi connectivity index (χ3v) is 4.79. The van der Waals surface area contributed by atoms with E-state index in [2.05, 4.69) is 58.0 Å². The van der Waals surface area contributed by atoms with Crippen LogP contribution in [0, 0.1) is 6.92 Å². The highest BCUT2D eigenvalue weighted by Crippen LogP contribution is 2.34. The highest BCUT2D eigenvalue weighted by atomic mass is 16.5. The molecule has 0 aromatic heterocycles. The molecule has 0 aliphatic carbocycles. The summed E-state index contributed by atoms with van der Waals surface area (Å²) in [6, 6.07) is 21.5. The molecule has 3 heteroatoms. The van der Waals surface area contributed by atoms with E-state index in [9.17, 15) is 9.90 Å². The number of carbonyl (C=O) groups is 1. The molecule has 0 unspecified atom stereocenters. The van der Waals surface area contributed by atoms with E-state index in [1.54, 1.807) is 18.2 Å². The summed E-state index contributed by atoms with van der Waals surface area (Å²) in [5.74, 6) is -0.225. The lowest BCUT2D eigenvalue weighted by Crippen LogP contribution is -2.13. The van der Waals surface area contributed by atoms with Crippen molar-refractivity contribution in [2.75, 3.05) is 0 Å². The first-order valence-corrected chi connectivity index (χ1v) is 9.41.